The van der Waals surface area contributed by atoms with E-state index < -0.39 is 17.6 Å². The van der Waals surface area contributed by atoms with Crippen molar-refractivity contribution < 1.29 is 23.2 Å². The van der Waals surface area contributed by atoms with Gasteiger partial charge in [0.05, 0.1) is 10.7 Å². The number of imide groups is 1. The van der Waals surface area contributed by atoms with Crippen molar-refractivity contribution in [2.75, 3.05) is 4.90 Å². The van der Waals surface area contributed by atoms with Crippen LogP contribution in [0.1, 0.15) is 31.6 Å². The number of carbonyl (C=O) groups is 2. The normalized spacial score (nSPS) is 15.9. The summed E-state index contributed by atoms with van der Waals surface area (Å²) in [5.74, 6) is -1.14. The van der Waals surface area contributed by atoms with E-state index in [-0.39, 0.29) is 29.0 Å². The van der Waals surface area contributed by atoms with Gasteiger partial charge in [0.15, 0.2) is 6.61 Å². The van der Waals surface area contributed by atoms with Gasteiger partial charge in [-0.3, -0.25) is 9.59 Å². The van der Waals surface area contributed by atoms with Gasteiger partial charge in [-0.05, 0) is 43.9 Å². The van der Waals surface area contributed by atoms with Crippen molar-refractivity contribution in [3.8, 4) is 17.1 Å². The van der Waals surface area contributed by atoms with E-state index in [4.69, 9.17) is 20.9 Å². The standard InChI is InChI=1S/C23H16BrClFN3O4/c24-15-8-4-3-7-14(15)21-27-20(33-28-21)11-32-19-10-18(17(26)9-16(19)25)29-22(30)12-5-1-2-6-13(12)23(29)31/h3-4,7-10H,1-2,5-6,11H2. The molecule has 0 N–H and O–H groups in total. The molecule has 2 aromatic carbocycles. The highest BCUT2D eigenvalue weighted by Gasteiger charge is 2.41. The van der Waals surface area contributed by atoms with Crippen molar-refractivity contribution >= 4 is 45.0 Å². The molecular formula is C23H16BrClFN3O4. The highest BCUT2D eigenvalue weighted by molar-refractivity contribution is 9.10. The van der Waals surface area contributed by atoms with Crippen molar-refractivity contribution in [2.45, 2.75) is 32.3 Å². The molecule has 3 aromatic rings. The number of aromatic nitrogens is 2. The number of benzene rings is 2. The second-order valence-electron chi connectivity index (χ2n) is 7.62. The molecule has 0 unspecified atom stereocenters. The van der Waals surface area contributed by atoms with Gasteiger partial charge in [-0.25, -0.2) is 9.29 Å². The maximum atomic E-state index is 14.7. The van der Waals surface area contributed by atoms with Gasteiger partial charge in [-0.1, -0.05) is 44.8 Å². The second-order valence-corrected chi connectivity index (χ2v) is 8.89. The number of halogens is 3. The summed E-state index contributed by atoms with van der Waals surface area (Å²) >= 11 is 9.59. The van der Waals surface area contributed by atoms with E-state index in [0.717, 1.165) is 33.8 Å². The van der Waals surface area contributed by atoms with E-state index in [1.54, 1.807) is 0 Å². The Morgan fingerprint density at radius 2 is 1.82 bits per heavy atom. The van der Waals surface area contributed by atoms with Gasteiger partial charge in [0.1, 0.15) is 11.6 Å². The Balaban J connectivity index is 1.38. The predicted molar refractivity (Wildman–Crippen MR) is 121 cm³/mol. The molecule has 5 rings (SSSR count). The van der Waals surface area contributed by atoms with Crippen LogP contribution in [0.2, 0.25) is 5.02 Å². The first kappa shape index (κ1) is 21.8. The van der Waals surface area contributed by atoms with Crippen LogP contribution in [0.25, 0.3) is 11.4 Å². The number of ether oxygens (including phenoxy) is 1. The summed E-state index contributed by atoms with van der Waals surface area (Å²) in [7, 11) is 0. The number of carbonyl (C=O) groups excluding carboxylic acids is 2. The largest absolute Gasteiger partial charge is 0.482 e. The average Bonchev–Trinajstić information content (AvgIpc) is 3.37. The van der Waals surface area contributed by atoms with Crippen LogP contribution in [-0.2, 0) is 16.2 Å². The number of nitrogens with zero attached hydrogens (tertiary/aromatic N) is 3. The summed E-state index contributed by atoms with van der Waals surface area (Å²) in [4.78, 5) is 30.8. The Bertz CT molecular complexity index is 1290. The molecule has 10 heteroatoms. The lowest BCUT2D eigenvalue weighted by Crippen LogP contribution is -2.32. The fourth-order valence-corrected chi connectivity index (χ4v) is 4.63. The Morgan fingerprint density at radius 3 is 2.52 bits per heavy atom. The maximum absolute atomic E-state index is 14.7. The van der Waals surface area contributed by atoms with E-state index in [9.17, 15) is 14.0 Å². The molecular weight excluding hydrogens is 517 g/mol. The van der Waals surface area contributed by atoms with Crippen LogP contribution in [0.4, 0.5) is 10.1 Å². The quantitative estimate of drug-likeness (QED) is 0.397. The van der Waals surface area contributed by atoms with Gasteiger partial charge in [0, 0.05) is 27.2 Å². The monoisotopic (exact) mass is 531 g/mol. The van der Waals surface area contributed by atoms with Crippen molar-refractivity contribution in [2.24, 2.45) is 0 Å². The maximum Gasteiger partial charge on any atom is 0.264 e. The lowest BCUT2D eigenvalue weighted by molar-refractivity contribution is -0.120. The molecule has 1 aromatic heterocycles. The van der Waals surface area contributed by atoms with Crippen LogP contribution in [-0.4, -0.2) is 22.0 Å². The average molecular weight is 533 g/mol. The molecule has 7 nitrogen and oxygen atoms in total. The number of anilines is 1. The molecule has 1 aliphatic heterocycles. The molecule has 2 amide bonds. The molecule has 1 aliphatic carbocycles. The lowest BCUT2D eigenvalue weighted by Gasteiger charge is -2.18. The Kier molecular flexibility index (Phi) is 5.76. The molecule has 0 radical (unpaired) electrons. The third-order valence-corrected chi connectivity index (χ3v) is 6.55. The minimum Gasteiger partial charge on any atom is -0.482 e. The number of hydrogen-bond donors (Lipinski definition) is 0. The topological polar surface area (TPSA) is 85.5 Å². The number of rotatable bonds is 5. The minimum absolute atomic E-state index is 0.0152. The first-order valence-electron chi connectivity index (χ1n) is 10.2. The van der Waals surface area contributed by atoms with Crippen LogP contribution in [0.3, 0.4) is 0 Å². The summed E-state index contributed by atoms with van der Waals surface area (Å²) in [6.07, 6.45) is 2.70. The molecule has 2 heterocycles. The van der Waals surface area contributed by atoms with Crippen molar-refractivity contribution in [3.05, 3.63) is 68.7 Å². The van der Waals surface area contributed by atoms with Crippen LogP contribution in [0.15, 0.2) is 56.5 Å². The fourth-order valence-electron chi connectivity index (χ4n) is 3.96. The molecule has 0 fully saturated rings. The number of amides is 2. The van der Waals surface area contributed by atoms with E-state index in [0.29, 0.717) is 29.8 Å². The lowest BCUT2D eigenvalue weighted by atomic mass is 9.93. The Hall–Kier alpha value is -3.04. The van der Waals surface area contributed by atoms with E-state index in [1.807, 2.05) is 24.3 Å². The predicted octanol–water partition coefficient (Wildman–Crippen LogP) is 5.61. The van der Waals surface area contributed by atoms with Crippen molar-refractivity contribution in [1.29, 1.82) is 0 Å². The summed E-state index contributed by atoms with van der Waals surface area (Å²) < 4.78 is 26.5. The van der Waals surface area contributed by atoms with Crippen molar-refractivity contribution in [3.63, 3.8) is 0 Å². The van der Waals surface area contributed by atoms with E-state index >= 15 is 0 Å². The molecule has 0 bridgehead atoms. The van der Waals surface area contributed by atoms with Gasteiger partial charge in [0.25, 0.3) is 17.7 Å². The zero-order chi connectivity index (χ0) is 23.1. The third kappa shape index (κ3) is 3.95. The first-order chi connectivity index (χ1) is 15.9. The highest BCUT2D eigenvalue weighted by Crippen LogP contribution is 2.39. The smallest absolute Gasteiger partial charge is 0.264 e. The molecule has 168 valence electrons. The fraction of sp³-hybridized carbons (Fsp3) is 0.217. The van der Waals surface area contributed by atoms with Crippen molar-refractivity contribution in [1.82, 2.24) is 10.1 Å². The third-order valence-electron chi connectivity index (χ3n) is 5.57. The van der Waals surface area contributed by atoms with Crippen LogP contribution >= 0.6 is 27.5 Å². The zero-order valence-electron chi connectivity index (χ0n) is 17.1. The Labute approximate surface area is 201 Å². The SMILES string of the molecule is O=C1C2=C(CCCC2)C(=O)N1c1cc(OCc2nc(-c3ccccc3Br)no2)c(Cl)cc1F. The van der Waals surface area contributed by atoms with E-state index in [2.05, 4.69) is 26.1 Å². The molecule has 0 saturated heterocycles. The summed E-state index contributed by atoms with van der Waals surface area (Å²) in [6.45, 7) is -0.140. The second kappa shape index (κ2) is 8.72. The summed E-state index contributed by atoms with van der Waals surface area (Å²) in [6, 6.07) is 9.67. The molecule has 33 heavy (non-hydrogen) atoms. The van der Waals surface area contributed by atoms with Gasteiger partial charge in [0.2, 0.25) is 5.82 Å². The molecule has 2 aliphatic rings. The van der Waals surface area contributed by atoms with Gasteiger partial charge < -0.3 is 9.26 Å². The highest BCUT2D eigenvalue weighted by atomic mass is 79.9. The first-order valence-corrected chi connectivity index (χ1v) is 11.4. The van der Waals surface area contributed by atoms with Crippen LogP contribution in [0, 0.1) is 5.82 Å². The van der Waals surface area contributed by atoms with Crippen LogP contribution in [0.5, 0.6) is 5.75 Å². The van der Waals surface area contributed by atoms with Gasteiger partial charge in [-0.2, -0.15) is 4.98 Å². The molecule has 0 spiro atoms. The Morgan fingerprint density at radius 1 is 1.12 bits per heavy atom. The molecule has 0 atom stereocenters. The zero-order valence-corrected chi connectivity index (χ0v) is 19.5. The number of hydrogen-bond acceptors (Lipinski definition) is 6. The van der Waals surface area contributed by atoms with E-state index in [1.165, 1.54) is 6.07 Å². The van der Waals surface area contributed by atoms with Gasteiger partial charge >= 0.3 is 0 Å². The van der Waals surface area contributed by atoms with Crippen LogP contribution < -0.4 is 9.64 Å². The molecule has 0 saturated carbocycles. The van der Waals surface area contributed by atoms with Gasteiger partial charge in [-0.15, -0.1) is 0 Å². The minimum atomic E-state index is -0.789. The summed E-state index contributed by atoms with van der Waals surface area (Å²) in [5.41, 5.74) is 1.48. The summed E-state index contributed by atoms with van der Waals surface area (Å²) in [5, 5.41) is 3.93.